The van der Waals surface area contributed by atoms with E-state index >= 15 is 0 Å². The Morgan fingerprint density at radius 1 is 1.11 bits per heavy atom. The zero-order chi connectivity index (χ0) is 13.4. The van der Waals surface area contributed by atoms with Crippen molar-refractivity contribution in [2.24, 2.45) is 0 Å². The summed E-state index contributed by atoms with van der Waals surface area (Å²) in [6, 6.07) is 1.93. The Morgan fingerprint density at radius 3 is 2.68 bits per heavy atom. The third kappa shape index (κ3) is 2.51. The van der Waals surface area contributed by atoms with E-state index in [-0.39, 0.29) is 0 Å². The van der Waals surface area contributed by atoms with Gasteiger partial charge in [-0.3, -0.25) is 4.98 Å². The van der Waals surface area contributed by atoms with Crippen LogP contribution in [0, 0.1) is 0 Å². The number of halogens is 2. The molecule has 6 heteroatoms. The van der Waals surface area contributed by atoms with Crippen LogP contribution in [0.5, 0.6) is 0 Å². The second-order valence-electron chi connectivity index (χ2n) is 4.55. The van der Waals surface area contributed by atoms with Crippen molar-refractivity contribution in [1.29, 1.82) is 0 Å². The van der Waals surface area contributed by atoms with E-state index in [4.69, 9.17) is 5.73 Å². The number of aromatic nitrogens is 3. The van der Waals surface area contributed by atoms with Crippen LogP contribution in [0.3, 0.4) is 0 Å². The molecule has 0 fully saturated rings. The van der Waals surface area contributed by atoms with Crippen molar-refractivity contribution < 1.29 is 0 Å². The van der Waals surface area contributed by atoms with Crippen LogP contribution in [0.25, 0.3) is 11.5 Å². The predicted octanol–water partition coefficient (Wildman–Crippen LogP) is 3.52. The molecule has 1 aliphatic rings. The van der Waals surface area contributed by atoms with Gasteiger partial charge >= 0.3 is 0 Å². The molecule has 0 saturated heterocycles. The fraction of sp³-hybridized carbons (Fsp3) is 0.308. The maximum atomic E-state index is 6.06. The molecule has 0 saturated carbocycles. The second kappa shape index (κ2) is 5.17. The third-order valence-electron chi connectivity index (χ3n) is 3.23. The summed E-state index contributed by atoms with van der Waals surface area (Å²) in [5.74, 6) is 1.19. The number of hydrogen-bond acceptors (Lipinski definition) is 4. The molecule has 2 N–H and O–H groups in total. The molecule has 1 aliphatic carbocycles. The average molecular weight is 384 g/mol. The minimum absolute atomic E-state index is 0.594. The number of aryl methyl sites for hydroxylation is 1. The van der Waals surface area contributed by atoms with Crippen molar-refractivity contribution in [3.63, 3.8) is 0 Å². The van der Waals surface area contributed by atoms with Crippen molar-refractivity contribution in [3.05, 3.63) is 32.5 Å². The summed E-state index contributed by atoms with van der Waals surface area (Å²) >= 11 is 6.88. The lowest BCUT2D eigenvalue weighted by Gasteiger charge is -2.17. The molecule has 0 atom stereocenters. The molecule has 3 rings (SSSR count). The molecular weight excluding hydrogens is 372 g/mol. The van der Waals surface area contributed by atoms with Gasteiger partial charge in [-0.1, -0.05) is 0 Å². The summed E-state index contributed by atoms with van der Waals surface area (Å²) < 4.78 is 1.77. The Morgan fingerprint density at radius 2 is 1.89 bits per heavy atom. The maximum Gasteiger partial charge on any atom is 0.181 e. The van der Waals surface area contributed by atoms with Crippen LogP contribution < -0.4 is 5.73 Å². The lowest BCUT2D eigenvalue weighted by atomic mass is 9.96. The number of nitrogens with two attached hydrogens (primary N) is 1. The summed E-state index contributed by atoms with van der Waals surface area (Å²) in [7, 11) is 0. The van der Waals surface area contributed by atoms with E-state index in [9.17, 15) is 0 Å². The molecule has 2 aromatic heterocycles. The van der Waals surface area contributed by atoms with Gasteiger partial charge in [0.15, 0.2) is 5.82 Å². The fourth-order valence-electron chi connectivity index (χ4n) is 2.31. The van der Waals surface area contributed by atoms with E-state index in [1.165, 1.54) is 6.42 Å². The van der Waals surface area contributed by atoms with Gasteiger partial charge in [-0.15, -0.1) is 0 Å². The third-order valence-corrected chi connectivity index (χ3v) is 4.27. The first-order chi connectivity index (χ1) is 9.15. The maximum absolute atomic E-state index is 6.06. The van der Waals surface area contributed by atoms with Gasteiger partial charge in [-0.05, 0) is 63.6 Å². The van der Waals surface area contributed by atoms with Crippen molar-refractivity contribution in [1.82, 2.24) is 15.0 Å². The van der Waals surface area contributed by atoms with Crippen molar-refractivity contribution >= 4 is 37.7 Å². The highest BCUT2D eigenvalue weighted by Gasteiger charge is 2.18. The van der Waals surface area contributed by atoms with Gasteiger partial charge in [0.2, 0.25) is 0 Å². The highest BCUT2D eigenvalue weighted by molar-refractivity contribution is 9.11. The van der Waals surface area contributed by atoms with Gasteiger partial charge in [0.05, 0.1) is 0 Å². The van der Waals surface area contributed by atoms with Crippen molar-refractivity contribution in [3.8, 4) is 11.5 Å². The summed E-state index contributed by atoms with van der Waals surface area (Å²) in [6.07, 6.45) is 6.02. The first-order valence-corrected chi connectivity index (χ1v) is 7.70. The molecule has 2 aromatic rings. The number of nitrogens with zero attached hydrogens (tertiary/aromatic N) is 3. The molecule has 0 spiro atoms. The van der Waals surface area contributed by atoms with Crippen LogP contribution in [0.4, 0.5) is 5.82 Å². The molecule has 4 nitrogen and oxygen atoms in total. The molecule has 0 unspecified atom stereocenters. The fourth-order valence-corrected chi connectivity index (χ4v) is 3.47. The van der Waals surface area contributed by atoms with Crippen LogP contribution in [0.2, 0.25) is 0 Å². The van der Waals surface area contributed by atoms with Gasteiger partial charge in [0.25, 0.3) is 0 Å². The summed E-state index contributed by atoms with van der Waals surface area (Å²) in [5.41, 5.74) is 8.97. The largest absolute Gasteiger partial charge is 0.383 e. The molecule has 0 amide bonds. The van der Waals surface area contributed by atoms with Gasteiger partial charge in [-0.2, -0.15) is 0 Å². The Balaban J connectivity index is 2.13. The highest BCUT2D eigenvalue weighted by Crippen LogP contribution is 2.30. The van der Waals surface area contributed by atoms with Crippen LogP contribution in [-0.4, -0.2) is 15.0 Å². The normalized spacial score (nSPS) is 14.2. The van der Waals surface area contributed by atoms with Gasteiger partial charge in [-0.25, -0.2) is 9.97 Å². The number of fused-ring (bicyclic) bond motifs is 1. The minimum Gasteiger partial charge on any atom is -0.383 e. The Kier molecular flexibility index (Phi) is 3.54. The van der Waals surface area contributed by atoms with Gasteiger partial charge in [0, 0.05) is 26.4 Å². The molecule has 0 aliphatic heterocycles. The first kappa shape index (κ1) is 13.0. The molecular formula is C13H12Br2N4. The smallest absolute Gasteiger partial charge is 0.181 e. The Hall–Kier alpha value is -1.01. The minimum atomic E-state index is 0.594. The van der Waals surface area contributed by atoms with Crippen LogP contribution in [0.15, 0.2) is 21.2 Å². The predicted molar refractivity (Wildman–Crippen MR) is 81.7 cm³/mol. The van der Waals surface area contributed by atoms with Crippen LogP contribution in [-0.2, 0) is 12.8 Å². The number of hydrogen-bond donors (Lipinski definition) is 1. The second-order valence-corrected chi connectivity index (χ2v) is 6.32. The number of anilines is 1. The van der Waals surface area contributed by atoms with Gasteiger partial charge < -0.3 is 5.73 Å². The summed E-state index contributed by atoms with van der Waals surface area (Å²) in [5, 5.41) is 0. The highest BCUT2D eigenvalue weighted by atomic mass is 79.9. The lowest BCUT2D eigenvalue weighted by Crippen LogP contribution is -2.12. The van der Waals surface area contributed by atoms with Crippen molar-refractivity contribution in [2.45, 2.75) is 25.7 Å². The molecule has 0 radical (unpaired) electrons. The monoisotopic (exact) mass is 382 g/mol. The van der Waals surface area contributed by atoms with Crippen LogP contribution in [0.1, 0.15) is 24.1 Å². The number of rotatable bonds is 1. The van der Waals surface area contributed by atoms with E-state index < -0.39 is 0 Å². The summed E-state index contributed by atoms with van der Waals surface area (Å²) in [6.45, 7) is 0. The first-order valence-electron chi connectivity index (χ1n) is 6.12. The van der Waals surface area contributed by atoms with E-state index in [1.54, 1.807) is 6.20 Å². The number of nitrogen functional groups attached to an aromatic ring is 1. The molecule has 2 heterocycles. The molecule has 0 bridgehead atoms. The van der Waals surface area contributed by atoms with E-state index in [0.29, 0.717) is 11.6 Å². The van der Waals surface area contributed by atoms with Crippen LogP contribution >= 0.6 is 31.9 Å². The Bertz CT molecular complexity index is 643. The topological polar surface area (TPSA) is 64.7 Å². The van der Waals surface area contributed by atoms with Crippen molar-refractivity contribution in [2.75, 3.05) is 5.73 Å². The standard InChI is InChI=1S/C13H12Br2N4/c14-7-5-9(15)11(17-6-7)13-18-10-4-2-1-3-8(10)12(16)19-13/h5-6H,1-4H2,(H2,16,18,19). The quantitative estimate of drug-likeness (QED) is 0.818. The van der Waals surface area contributed by atoms with E-state index in [0.717, 1.165) is 45.2 Å². The summed E-state index contributed by atoms with van der Waals surface area (Å²) in [4.78, 5) is 13.4. The average Bonchev–Trinajstić information content (AvgIpc) is 2.38. The molecule has 19 heavy (non-hydrogen) atoms. The van der Waals surface area contributed by atoms with E-state index in [1.807, 2.05) is 6.07 Å². The molecule has 98 valence electrons. The lowest BCUT2D eigenvalue weighted by molar-refractivity contribution is 0.665. The number of pyridine rings is 1. The Labute approximate surface area is 128 Å². The van der Waals surface area contributed by atoms with Gasteiger partial charge in [0.1, 0.15) is 11.5 Å². The zero-order valence-corrected chi connectivity index (χ0v) is 13.3. The molecule has 0 aromatic carbocycles. The zero-order valence-electron chi connectivity index (χ0n) is 10.2. The SMILES string of the molecule is Nc1nc(-c2ncc(Br)cc2Br)nc2c1CCCC2. The van der Waals surface area contributed by atoms with E-state index in [2.05, 4.69) is 46.8 Å².